The van der Waals surface area contributed by atoms with Crippen molar-refractivity contribution in [1.29, 1.82) is 5.26 Å². The Hall–Kier alpha value is -3.72. The van der Waals surface area contributed by atoms with Gasteiger partial charge < -0.3 is 4.42 Å². The van der Waals surface area contributed by atoms with Crippen LogP contribution in [0.2, 0.25) is 0 Å². The van der Waals surface area contributed by atoms with Gasteiger partial charge in [-0.25, -0.2) is 4.39 Å². The first kappa shape index (κ1) is 17.1. The van der Waals surface area contributed by atoms with Crippen LogP contribution < -0.4 is 0 Å². The lowest BCUT2D eigenvalue weighted by atomic mass is 10.1. The van der Waals surface area contributed by atoms with Gasteiger partial charge in [-0.2, -0.15) is 5.26 Å². The zero-order chi connectivity index (χ0) is 18.7. The summed E-state index contributed by atoms with van der Waals surface area (Å²) in [5.41, 5.74) is 2.38. The SMILES string of the molecule is Cc1cc([N+](=O)[O-])ccc1-c1ccc(C=C(C#N)c2ccc(F)cc2)o1. The predicted molar refractivity (Wildman–Crippen MR) is 95.4 cm³/mol. The number of nitro groups is 1. The van der Waals surface area contributed by atoms with Crippen LogP contribution in [-0.4, -0.2) is 4.92 Å². The zero-order valence-electron chi connectivity index (χ0n) is 13.8. The van der Waals surface area contributed by atoms with Crippen molar-refractivity contribution < 1.29 is 13.7 Å². The summed E-state index contributed by atoms with van der Waals surface area (Å²) in [6, 6.07) is 15.7. The summed E-state index contributed by atoms with van der Waals surface area (Å²) in [6.07, 6.45) is 1.57. The lowest BCUT2D eigenvalue weighted by Crippen LogP contribution is -1.89. The molecule has 0 bridgehead atoms. The minimum Gasteiger partial charge on any atom is -0.457 e. The van der Waals surface area contributed by atoms with Crippen molar-refractivity contribution in [3.63, 3.8) is 0 Å². The van der Waals surface area contributed by atoms with Crippen molar-refractivity contribution in [3.05, 3.63) is 87.4 Å². The van der Waals surface area contributed by atoms with Crippen LogP contribution in [0.1, 0.15) is 16.9 Å². The first-order valence-corrected chi connectivity index (χ1v) is 7.71. The maximum atomic E-state index is 13.0. The topological polar surface area (TPSA) is 80.1 Å². The van der Waals surface area contributed by atoms with Gasteiger partial charge in [0.05, 0.1) is 16.6 Å². The van der Waals surface area contributed by atoms with Crippen molar-refractivity contribution in [2.24, 2.45) is 0 Å². The van der Waals surface area contributed by atoms with Crippen LogP contribution in [0.15, 0.2) is 59.0 Å². The molecule has 0 radical (unpaired) electrons. The number of nitriles is 1. The molecule has 1 heterocycles. The van der Waals surface area contributed by atoms with E-state index in [4.69, 9.17) is 4.42 Å². The third-order valence-corrected chi connectivity index (χ3v) is 3.88. The molecule has 26 heavy (non-hydrogen) atoms. The van der Waals surface area contributed by atoms with E-state index in [1.807, 2.05) is 0 Å². The van der Waals surface area contributed by atoms with Gasteiger partial charge in [-0.05, 0) is 54.5 Å². The van der Waals surface area contributed by atoms with Crippen LogP contribution in [0, 0.1) is 34.2 Å². The Labute approximate surface area is 148 Å². The monoisotopic (exact) mass is 348 g/mol. The average Bonchev–Trinajstić information content (AvgIpc) is 3.08. The number of hydrogen-bond acceptors (Lipinski definition) is 4. The second-order valence-electron chi connectivity index (χ2n) is 5.64. The normalized spacial score (nSPS) is 11.2. The molecule has 2 aromatic carbocycles. The van der Waals surface area contributed by atoms with Crippen LogP contribution in [-0.2, 0) is 0 Å². The summed E-state index contributed by atoms with van der Waals surface area (Å²) in [5, 5.41) is 20.2. The largest absolute Gasteiger partial charge is 0.457 e. The number of non-ortho nitro benzene ring substituents is 1. The summed E-state index contributed by atoms with van der Waals surface area (Å²) < 4.78 is 18.8. The third-order valence-electron chi connectivity index (χ3n) is 3.88. The number of rotatable bonds is 4. The van der Waals surface area contributed by atoms with E-state index in [0.717, 1.165) is 5.56 Å². The van der Waals surface area contributed by atoms with Crippen molar-refractivity contribution >= 4 is 17.3 Å². The molecule has 3 aromatic rings. The predicted octanol–water partition coefficient (Wildman–Crippen LogP) is 5.37. The van der Waals surface area contributed by atoms with E-state index in [1.54, 1.807) is 31.2 Å². The molecule has 0 aliphatic rings. The Kier molecular flexibility index (Phi) is 4.63. The van der Waals surface area contributed by atoms with Gasteiger partial charge in [-0.1, -0.05) is 12.1 Å². The fourth-order valence-corrected chi connectivity index (χ4v) is 2.56. The average molecular weight is 348 g/mol. The third kappa shape index (κ3) is 3.52. The number of benzene rings is 2. The highest BCUT2D eigenvalue weighted by molar-refractivity contribution is 5.88. The van der Waals surface area contributed by atoms with E-state index in [1.165, 1.54) is 36.4 Å². The zero-order valence-corrected chi connectivity index (χ0v) is 13.8. The molecule has 0 spiro atoms. The van der Waals surface area contributed by atoms with Crippen LogP contribution in [0.5, 0.6) is 0 Å². The van der Waals surface area contributed by atoms with Crippen molar-refractivity contribution in [2.45, 2.75) is 6.92 Å². The van der Waals surface area contributed by atoms with E-state index in [9.17, 15) is 19.8 Å². The standard InChI is InChI=1S/C20H13FN2O3/c1-13-10-17(23(24)25)6-8-19(13)20-9-7-18(26-20)11-15(12-22)14-2-4-16(21)5-3-14/h2-11H,1H3. The molecule has 3 rings (SSSR count). The molecule has 0 saturated heterocycles. The first-order chi connectivity index (χ1) is 12.5. The Balaban J connectivity index is 1.93. The highest BCUT2D eigenvalue weighted by Gasteiger charge is 2.12. The molecular formula is C20H13FN2O3. The molecule has 0 fully saturated rings. The molecule has 0 saturated carbocycles. The summed E-state index contributed by atoms with van der Waals surface area (Å²) in [5.74, 6) is 0.624. The summed E-state index contributed by atoms with van der Waals surface area (Å²) >= 11 is 0. The molecule has 5 nitrogen and oxygen atoms in total. The molecule has 6 heteroatoms. The molecule has 1 aromatic heterocycles. The number of aryl methyl sites for hydroxylation is 1. The number of hydrogen-bond donors (Lipinski definition) is 0. The molecule has 0 amide bonds. The van der Waals surface area contributed by atoms with Gasteiger partial charge in [0.2, 0.25) is 0 Å². The van der Waals surface area contributed by atoms with Gasteiger partial charge in [-0.15, -0.1) is 0 Å². The fraction of sp³-hybridized carbons (Fsp3) is 0.0500. The number of furan rings is 1. The molecule has 0 aliphatic carbocycles. The second kappa shape index (κ2) is 7.03. The van der Waals surface area contributed by atoms with Gasteiger partial charge in [0, 0.05) is 17.7 Å². The smallest absolute Gasteiger partial charge is 0.269 e. The van der Waals surface area contributed by atoms with E-state index < -0.39 is 4.92 Å². The van der Waals surface area contributed by atoms with Gasteiger partial charge in [-0.3, -0.25) is 10.1 Å². The number of nitro benzene ring substituents is 1. The Morgan fingerprint density at radius 3 is 2.54 bits per heavy atom. The number of allylic oxidation sites excluding steroid dienone is 1. The highest BCUT2D eigenvalue weighted by atomic mass is 19.1. The van der Waals surface area contributed by atoms with E-state index in [0.29, 0.717) is 28.2 Å². The minimum absolute atomic E-state index is 0.0148. The summed E-state index contributed by atoms with van der Waals surface area (Å²) in [7, 11) is 0. The van der Waals surface area contributed by atoms with Gasteiger partial charge in [0.25, 0.3) is 5.69 Å². The lowest BCUT2D eigenvalue weighted by molar-refractivity contribution is -0.384. The first-order valence-electron chi connectivity index (χ1n) is 7.71. The molecular weight excluding hydrogens is 335 g/mol. The number of nitrogens with zero attached hydrogens (tertiary/aromatic N) is 2. The van der Waals surface area contributed by atoms with Crippen molar-refractivity contribution in [1.82, 2.24) is 0 Å². The second-order valence-corrected chi connectivity index (χ2v) is 5.64. The molecule has 128 valence electrons. The molecule has 0 atom stereocenters. The maximum absolute atomic E-state index is 13.0. The van der Waals surface area contributed by atoms with Crippen molar-refractivity contribution in [3.8, 4) is 17.4 Å². The molecule has 0 N–H and O–H groups in total. The van der Waals surface area contributed by atoms with E-state index in [-0.39, 0.29) is 11.5 Å². The minimum atomic E-state index is -0.449. The summed E-state index contributed by atoms with van der Waals surface area (Å²) in [6.45, 7) is 1.76. The lowest BCUT2D eigenvalue weighted by Gasteiger charge is -2.02. The van der Waals surface area contributed by atoms with Crippen LogP contribution in [0.25, 0.3) is 23.0 Å². The fourth-order valence-electron chi connectivity index (χ4n) is 2.56. The van der Waals surface area contributed by atoms with Crippen LogP contribution in [0.4, 0.5) is 10.1 Å². The van der Waals surface area contributed by atoms with Crippen molar-refractivity contribution in [2.75, 3.05) is 0 Å². The van der Waals surface area contributed by atoms with Gasteiger partial charge in [0.1, 0.15) is 17.3 Å². The van der Waals surface area contributed by atoms with Crippen LogP contribution in [0.3, 0.4) is 0 Å². The maximum Gasteiger partial charge on any atom is 0.269 e. The molecule has 0 aliphatic heterocycles. The van der Waals surface area contributed by atoms with E-state index in [2.05, 4.69) is 6.07 Å². The Morgan fingerprint density at radius 2 is 1.92 bits per heavy atom. The number of halogens is 1. The Bertz CT molecular complexity index is 1040. The summed E-state index contributed by atoms with van der Waals surface area (Å²) in [4.78, 5) is 10.4. The Morgan fingerprint density at radius 1 is 1.19 bits per heavy atom. The van der Waals surface area contributed by atoms with Gasteiger partial charge in [0.15, 0.2) is 0 Å². The quantitative estimate of drug-likeness (QED) is 0.361. The van der Waals surface area contributed by atoms with Crippen LogP contribution >= 0.6 is 0 Å². The molecule has 0 unspecified atom stereocenters. The van der Waals surface area contributed by atoms with E-state index >= 15 is 0 Å². The highest BCUT2D eigenvalue weighted by Crippen LogP contribution is 2.29. The van der Waals surface area contributed by atoms with Gasteiger partial charge >= 0.3 is 0 Å².